The standard InChI is InChI=1S/C13H19N3O/c1-3-12-5-4-6-13(14-12)16-9-7-15(8-10-16)11(2)17/h4-6H,3,7-10H2,1-2H3. The summed E-state index contributed by atoms with van der Waals surface area (Å²) in [5.74, 6) is 1.20. The van der Waals surface area contributed by atoms with Crippen LogP contribution in [0.15, 0.2) is 18.2 Å². The number of anilines is 1. The molecule has 0 atom stereocenters. The van der Waals surface area contributed by atoms with Gasteiger partial charge < -0.3 is 9.80 Å². The van der Waals surface area contributed by atoms with Crippen molar-refractivity contribution in [2.45, 2.75) is 20.3 Å². The van der Waals surface area contributed by atoms with Gasteiger partial charge in [-0.25, -0.2) is 4.98 Å². The first-order valence-electron chi connectivity index (χ1n) is 6.17. The first-order chi connectivity index (χ1) is 8.20. The topological polar surface area (TPSA) is 36.4 Å². The summed E-state index contributed by atoms with van der Waals surface area (Å²) in [6, 6.07) is 6.15. The van der Waals surface area contributed by atoms with Gasteiger partial charge in [0.25, 0.3) is 0 Å². The molecule has 1 amide bonds. The quantitative estimate of drug-likeness (QED) is 0.773. The summed E-state index contributed by atoms with van der Waals surface area (Å²) >= 11 is 0. The Bertz CT molecular complexity index is 397. The van der Waals surface area contributed by atoms with Crippen LogP contribution in [-0.4, -0.2) is 42.0 Å². The highest BCUT2D eigenvalue weighted by molar-refractivity contribution is 5.73. The minimum Gasteiger partial charge on any atom is -0.353 e. The minimum absolute atomic E-state index is 0.167. The van der Waals surface area contributed by atoms with Gasteiger partial charge in [0.1, 0.15) is 5.82 Å². The molecule has 1 aromatic rings. The second kappa shape index (κ2) is 5.17. The Hall–Kier alpha value is -1.58. The van der Waals surface area contributed by atoms with Gasteiger partial charge in [0, 0.05) is 38.8 Å². The Morgan fingerprint density at radius 3 is 2.59 bits per heavy atom. The summed E-state index contributed by atoms with van der Waals surface area (Å²) in [7, 11) is 0. The number of aryl methyl sites for hydroxylation is 1. The molecular formula is C13H19N3O. The van der Waals surface area contributed by atoms with Crippen LogP contribution in [0.25, 0.3) is 0 Å². The fourth-order valence-electron chi connectivity index (χ4n) is 2.09. The minimum atomic E-state index is 0.167. The zero-order chi connectivity index (χ0) is 12.3. The van der Waals surface area contributed by atoms with Crippen LogP contribution in [0.4, 0.5) is 5.82 Å². The molecule has 4 heteroatoms. The normalized spacial score (nSPS) is 16.1. The van der Waals surface area contributed by atoms with Gasteiger partial charge in [-0.05, 0) is 18.6 Å². The zero-order valence-corrected chi connectivity index (χ0v) is 10.5. The molecule has 2 heterocycles. The van der Waals surface area contributed by atoms with Crippen molar-refractivity contribution in [1.29, 1.82) is 0 Å². The molecule has 2 rings (SSSR count). The molecule has 0 saturated carbocycles. The maximum atomic E-state index is 11.2. The van der Waals surface area contributed by atoms with E-state index in [1.807, 2.05) is 11.0 Å². The number of carbonyl (C=O) groups is 1. The van der Waals surface area contributed by atoms with Crippen LogP contribution in [0.1, 0.15) is 19.5 Å². The van der Waals surface area contributed by atoms with Crippen LogP contribution in [0.3, 0.4) is 0 Å². The number of nitrogens with zero attached hydrogens (tertiary/aromatic N) is 3. The lowest BCUT2D eigenvalue weighted by Gasteiger charge is -2.35. The van der Waals surface area contributed by atoms with E-state index in [0.29, 0.717) is 0 Å². The monoisotopic (exact) mass is 233 g/mol. The average molecular weight is 233 g/mol. The molecular weight excluding hydrogens is 214 g/mol. The maximum Gasteiger partial charge on any atom is 0.219 e. The predicted molar refractivity (Wildman–Crippen MR) is 68.1 cm³/mol. The van der Waals surface area contributed by atoms with Crippen LogP contribution in [0.2, 0.25) is 0 Å². The molecule has 0 aliphatic carbocycles. The molecule has 4 nitrogen and oxygen atoms in total. The molecule has 0 radical (unpaired) electrons. The van der Waals surface area contributed by atoms with Gasteiger partial charge in [0.15, 0.2) is 0 Å². The van der Waals surface area contributed by atoms with E-state index >= 15 is 0 Å². The number of hydrogen-bond donors (Lipinski definition) is 0. The number of carbonyl (C=O) groups excluding carboxylic acids is 1. The lowest BCUT2D eigenvalue weighted by atomic mass is 10.2. The molecule has 92 valence electrons. The third-order valence-corrected chi connectivity index (χ3v) is 3.20. The van der Waals surface area contributed by atoms with E-state index in [0.717, 1.165) is 44.1 Å². The number of rotatable bonds is 2. The van der Waals surface area contributed by atoms with E-state index in [9.17, 15) is 4.79 Å². The molecule has 17 heavy (non-hydrogen) atoms. The Balaban J connectivity index is 2.02. The molecule has 0 bridgehead atoms. The Morgan fingerprint density at radius 2 is 2.00 bits per heavy atom. The molecule has 1 aliphatic heterocycles. The van der Waals surface area contributed by atoms with Gasteiger partial charge in [-0.3, -0.25) is 4.79 Å². The maximum absolute atomic E-state index is 11.2. The number of pyridine rings is 1. The van der Waals surface area contributed by atoms with E-state index in [-0.39, 0.29) is 5.91 Å². The van der Waals surface area contributed by atoms with Crippen LogP contribution in [0, 0.1) is 0 Å². The molecule has 0 N–H and O–H groups in total. The van der Waals surface area contributed by atoms with Crippen molar-refractivity contribution < 1.29 is 4.79 Å². The largest absolute Gasteiger partial charge is 0.353 e. The average Bonchev–Trinajstić information content (AvgIpc) is 2.39. The summed E-state index contributed by atoms with van der Waals surface area (Å²) in [5.41, 5.74) is 1.12. The molecule has 1 saturated heterocycles. The number of amides is 1. The summed E-state index contributed by atoms with van der Waals surface area (Å²) in [5, 5.41) is 0. The lowest BCUT2D eigenvalue weighted by molar-refractivity contribution is -0.129. The van der Waals surface area contributed by atoms with Crippen molar-refractivity contribution in [3.63, 3.8) is 0 Å². The predicted octanol–water partition coefficient (Wildman–Crippen LogP) is 1.31. The summed E-state index contributed by atoms with van der Waals surface area (Å²) in [6.45, 7) is 7.09. The third-order valence-electron chi connectivity index (χ3n) is 3.20. The second-order valence-electron chi connectivity index (χ2n) is 4.33. The highest BCUT2D eigenvalue weighted by atomic mass is 16.2. The van der Waals surface area contributed by atoms with Gasteiger partial charge >= 0.3 is 0 Å². The Kier molecular flexibility index (Phi) is 3.61. The lowest BCUT2D eigenvalue weighted by Crippen LogP contribution is -2.48. The van der Waals surface area contributed by atoms with E-state index in [1.165, 1.54) is 0 Å². The zero-order valence-electron chi connectivity index (χ0n) is 10.5. The molecule has 1 fully saturated rings. The van der Waals surface area contributed by atoms with Crippen molar-refractivity contribution in [2.75, 3.05) is 31.1 Å². The fourth-order valence-corrected chi connectivity index (χ4v) is 2.09. The van der Waals surface area contributed by atoms with E-state index < -0.39 is 0 Å². The van der Waals surface area contributed by atoms with Crippen LogP contribution >= 0.6 is 0 Å². The van der Waals surface area contributed by atoms with Gasteiger partial charge in [-0.15, -0.1) is 0 Å². The number of piperazine rings is 1. The molecule has 0 aromatic carbocycles. The molecule has 0 unspecified atom stereocenters. The molecule has 0 spiro atoms. The van der Waals surface area contributed by atoms with E-state index in [4.69, 9.17) is 0 Å². The van der Waals surface area contributed by atoms with E-state index in [1.54, 1.807) is 6.92 Å². The Labute approximate surface area is 102 Å². The van der Waals surface area contributed by atoms with Gasteiger partial charge in [0.2, 0.25) is 5.91 Å². The SMILES string of the molecule is CCc1cccc(N2CCN(C(C)=O)CC2)n1. The second-order valence-corrected chi connectivity index (χ2v) is 4.33. The molecule has 1 aromatic heterocycles. The summed E-state index contributed by atoms with van der Waals surface area (Å²) < 4.78 is 0. The Morgan fingerprint density at radius 1 is 1.29 bits per heavy atom. The first kappa shape index (κ1) is 11.9. The van der Waals surface area contributed by atoms with Crippen molar-refractivity contribution >= 4 is 11.7 Å². The van der Waals surface area contributed by atoms with Crippen LogP contribution < -0.4 is 4.90 Å². The number of aromatic nitrogens is 1. The first-order valence-corrected chi connectivity index (χ1v) is 6.17. The summed E-state index contributed by atoms with van der Waals surface area (Å²) in [6.07, 6.45) is 0.960. The van der Waals surface area contributed by atoms with Crippen molar-refractivity contribution in [1.82, 2.24) is 9.88 Å². The van der Waals surface area contributed by atoms with Gasteiger partial charge in [0.05, 0.1) is 0 Å². The van der Waals surface area contributed by atoms with Crippen molar-refractivity contribution in [3.8, 4) is 0 Å². The van der Waals surface area contributed by atoms with Crippen molar-refractivity contribution in [2.24, 2.45) is 0 Å². The van der Waals surface area contributed by atoms with Crippen LogP contribution in [0.5, 0.6) is 0 Å². The van der Waals surface area contributed by atoms with E-state index in [2.05, 4.69) is 28.9 Å². The number of hydrogen-bond acceptors (Lipinski definition) is 3. The smallest absolute Gasteiger partial charge is 0.219 e. The highest BCUT2D eigenvalue weighted by Gasteiger charge is 2.19. The van der Waals surface area contributed by atoms with Gasteiger partial charge in [-0.2, -0.15) is 0 Å². The summed E-state index contributed by atoms with van der Waals surface area (Å²) in [4.78, 5) is 20.0. The van der Waals surface area contributed by atoms with Crippen LogP contribution in [-0.2, 0) is 11.2 Å². The highest BCUT2D eigenvalue weighted by Crippen LogP contribution is 2.14. The fraction of sp³-hybridized carbons (Fsp3) is 0.538. The third kappa shape index (κ3) is 2.75. The van der Waals surface area contributed by atoms with Crippen molar-refractivity contribution in [3.05, 3.63) is 23.9 Å². The van der Waals surface area contributed by atoms with Gasteiger partial charge in [-0.1, -0.05) is 13.0 Å². The molecule has 1 aliphatic rings.